The van der Waals surface area contributed by atoms with E-state index in [1.54, 1.807) is 11.9 Å². The van der Waals surface area contributed by atoms with E-state index < -0.39 is 0 Å². The third-order valence-electron chi connectivity index (χ3n) is 24.3. The summed E-state index contributed by atoms with van der Waals surface area (Å²) in [4.78, 5) is 4.69. The number of nitriles is 1. The Balaban J connectivity index is 0.598. The van der Waals surface area contributed by atoms with E-state index >= 15 is 0 Å². The molecule has 2 aliphatic rings. The Morgan fingerprint density at radius 3 is 1.60 bits per heavy atom. The lowest BCUT2D eigenvalue weighted by molar-refractivity contribution is 1.17. The zero-order valence-corrected chi connectivity index (χ0v) is 71.5. The maximum absolute atomic E-state index is 9.61. The number of rotatable bonds is 18. The van der Waals surface area contributed by atoms with Gasteiger partial charge in [0.15, 0.2) is 0 Å². The highest BCUT2D eigenvalue weighted by atomic mass is 35.5. The SMILES string of the molecule is C=C1C(c2ccc3c(c2)c2ccccc2n3-c2c(-c3ccccc3)cccc2-c2ccccc2)=CC=C(N(c2ccc(-c3c(C)cc(C)cc3C)cc2)c2ccc(-c3c(C)cc(Cc4cccc(-c5ccc(N(c6ccccc6)c6ccc(-c7ccc8c(c7)c7cc(Cl)ccc7n8-c7ccc(C#N)cc7)c7c6=NSCC=7)cc5)c4)cc3C)cc2)C1=NSC. The number of hydrogen-bond donors (Lipinski definition) is 0. The molecule has 7 nitrogen and oxygen atoms in total. The van der Waals surface area contributed by atoms with Crippen LogP contribution in [0.5, 0.6) is 0 Å². The van der Waals surface area contributed by atoms with Crippen molar-refractivity contribution < 1.29 is 0 Å². The van der Waals surface area contributed by atoms with Gasteiger partial charge in [0.05, 0.1) is 50.8 Å². The molecule has 0 unspecified atom stereocenters. The van der Waals surface area contributed by atoms with Crippen LogP contribution < -0.4 is 20.4 Å². The predicted molar refractivity (Wildman–Crippen MR) is 524 cm³/mol. The van der Waals surface area contributed by atoms with Gasteiger partial charge in [0.25, 0.3) is 0 Å². The lowest BCUT2D eigenvalue weighted by Crippen LogP contribution is -2.34. The fourth-order valence-corrected chi connectivity index (χ4v) is 20.1. The highest BCUT2D eigenvalue weighted by molar-refractivity contribution is 7.98. The standard InChI is InChI=1S/C113H84ClN7S2/c1-71-61-72(2)109(73(3)62-71)83-37-48-91(49-38-83)119(107-57-52-94(76(6)111(107)116-122-7)86-41-55-106-100(67-86)98-29-17-18-32-103(98)121(106)113-96(81-22-11-8-12-23-81)30-20-31-97(113)82-24-13-9-14-25-82)92-50-39-84(40-51-92)110-74(4)63-79(64-75(110)5)65-78-21-19-26-85(66-78)80-35-46-90(47-36-80)118(89-27-15-10-16-28-89)108-58-53-95(99-59-60-123-117-112(99)108)87-42-54-104-101(68-87)102-69-88(114)43-56-105(102)120(104)93-44-33-77(70-115)34-45-93/h8-59,61-64,66-69H,6,60,65H2,1-5,7H3. The minimum absolute atomic E-state index is 0.620. The van der Waals surface area contributed by atoms with Gasteiger partial charge in [-0.1, -0.05) is 254 Å². The second kappa shape index (κ2) is 32.7. The number of aryl methyl sites for hydroxylation is 5. The summed E-state index contributed by atoms with van der Waals surface area (Å²) < 4.78 is 15.3. The summed E-state index contributed by atoms with van der Waals surface area (Å²) in [6, 6.07) is 127. The van der Waals surface area contributed by atoms with E-state index in [1.165, 1.54) is 73.0 Å². The van der Waals surface area contributed by atoms with Crippen LogP contribution in [-0.2, 0) is 6.42 Å². The first kappa shape index (κ1) is 77.4. The summed E-state index contributed by atoms with van der Waals surface area (Å²) >= 11 is 9.77. The number of halogens is 1. The van der Waals surface area contributed by atoms with Crippen molar-refractivity contribution in [2.45, 2.75) is 41.0 Å². The molecule has 1 aliphatic carbocycles. The van der Waals surface area contributed by atoms with Crippen molar-refractivity contribution in [2.75, 3.05) is 21.8 Å². The number of aromatic nitrogens is 2. The van der Waals surface area contributed by atoms with Crippen LogP contribution in [0.25, 0.3) is 133 Å². The second-order valence-electron chi connectivity index (χ2n) is 32.0. The van der Waals surface area contributed by atoms with Crippen LogP contribution in [0.15, 0.2) is 385 Å². The Labute approximate surface area is 731 Å². The minimum Gasteiger partial charge on any atom is -0.309 e. The van der Waals surface area contributed by atoms with E-state index in [0.29, 0.717) is 10.6 Å². The Hall–Kier alpha value is -14.2. The molecule has 0 bridgehead atoms. The number of hydrogen-bond acceptors (Lipinski definition) is 7. The van der Waals surface area contributed by atoms with Crippen LogP contribution in [0.3, 0.4) is 0 Å². The van der Waals surface area contributed by atoms with E-state index in [9.17, 15) is 5.26 Å². The summed E-state index contributed by atoms with van der Waals surface area (Å²) in [7, 11) is 0. The quantitative estimate of drug-likeness (QED) is 0.0801. The Bertz CT molecular complexity index is 7460. The van der Waals surface area contributed by atoms with E-state index in [4.69, 9.17) is 27.0 Å². The average Bonchev–Trinajstić information content (AvgIpc) is 1.56. The van der Waals surface area contributed by atoms with Gasteiger partial charge in [0.1, 0.15) is 11.1 Å². The number of anilines is 5. The van der Waals surface area contributed by atoms with Gasteiger partial charge < -0.3 is 18.9 Å². The molecule has 123 heavy (non-hydrogen) atoms. The van der Waals surface area contributed by atoms with Crippen LogP contribution in [0.2, 0.25) is 5.02 Å². The molecular weight excluding hydrogens is 1550 g/mol. The molecule has 590 valence electrons. The van der Waals surface area contributed by atoms with Crippen LogP contribution in [0.4, 0.5) is 28.4 Å². The number of fused-ring (bicyclic) bond motifs is 7. The molecule has 2 aromatic heterocycles. The number of benzene rings is 16. The van der Waals surface area contributed by atoms with Gasteiger partial charge in [0, 0.05) is 88.9 Å². The fourth-order valence-electron chi connectivity index (χ4n) is 18.9. The lowest BCUT2D eigenvalue weighted by atomic mass is 9.88. The molecule has 0 atom stereocenters. The van der Waals surface area contributed by atoms with Crippen molar-refractivity contribution in [1.82, 2.24) is 9.13 Å². The topological polar surface area (TPSA) is 64.8 Å². The molecule has 0 fully saturated rings. The Kier molecular flexibility index (Phi) is 20.6. The van der Waals surface area contributed by atoms with Crippen molar-refractivity contribution >= 4 is 125 Å². The van der Waals surface area contributed by atoms with Gasteiger partial charge in [-0.05, 0) is 299 Å². The van der Waals surface area contributed by atoms with Gasteiger partial charge in [-0.25, -0.2) is 8.80 Å². The normalized spacial score (nSPS) is 12.9. The largest absolute Gasteiger partial charge is 0.309 e. The first-order chi connectivity index (χ1) is 60.3. The van der Waals surface area contributed by atoms with Gasteiger partial charge in [0.2, 0.25) is 0 Å². The lowest BCUT2D eigenvalue weighted by Gasteiger charge is -2.32. The number of nitrogens with zero attached hydrogens (tertiary/aromatic N) is 7. The van der Waals surface area contributed by atoms with Gasteiger partial charge >= 0.3 is 0 Å². The third kappa shape index (κ3) is 14.4. The molecular formula is C113H84ClN7S2. The van der Waals surface area contributed by atoms with Crippen molar-refractivity contribution in [3.8, 4) is 84.2 Å². The van der Waals surface area contributed by atoms with E-state index in [-0.39, 0.29) is 0 Å². The first-order valence-corrected chi connectivity index (χ1v) is 44.1. The molecule has 0 saturated heterocycles. The number of para-hydroxylation sites is 3. The second-order valence-corrected chi connectivity index (χ2v) is 33.8. The summed E-state index contributed by atoms with van der Waals surface area (Å²) in [5, 5.41) is 16.8. The summed E-state index contributed by atoms with van der Waals surface area (Å²) in [6.07, 6.45) is 9.63. The Morgan fingerprint density at radius 2 is 0.959 bits per heavy atom. The highest BCUT2D eigenvalue weighted by Gasteiger charge is 2.30. The molecule has 0 amide bonds. The zero-order valence-electron chi connectivity index (χ0n) is 69.1. The Morgan fingerprint density at radius 1 is 0.439 bits per heavy atom. The molecule has 10 heteroatoms. The van der Waals surface area contributed by atoms with Gasteiger partial charge in [-0.2, -0.15) is 5.26 Å². The molecule has 0 radical (unpaired) electrons. The van der Waals surface area contributed by atoms with Gasteiger partial charge in [-0.15, -0.1) is 0 Å². The third-order valence-corrected chi connectivity index (χ3v) is 25.5. The molecule has 0 saturated carbocycles. The molecule has 1 aliphatic heterocycles. The predicted octanol–water partition coefficient (Wildman–Crippen LogP) is 29.5. The molecule has 0 spiro atoms. The van der Waals surface area contributed by atoms with E-state index in [0.717, 1.165) is 179 Å². The summed E-state index contributed by atoms with van der Waals surface area (Å²) in [5.41, 5.74) is 39.6. The fraction of sp³-hybridized carbons (Fsp3) is 0.0708. The highest BCUT2D eigenvalue weighted by Crippen LogP contribution is 2.47. The average molecular weight is 1640 g/mol. The minimum atomic E-state index is 0.620. The van der Waals surface area contributed by atoms with Crippen molar-refractivity contribution in [3.05, 3.63) is 441 Å². The van der Waals surface area contributed by atoms with Gasteiger partial charge in [-0.3, -0.25) is 0 Å². The van der Waals surface area contributed by atoms with E-state index in [1.807, 2.05) is 36.6 Å². The van der Waals surface area contributed by atoms with E-state index in [2.05, 4.69) is 393 Å². The summed E-state index contributed by atoms with van der Waals surface area (Å²) in [6.45, 7) is 16.1. The van der Waals surface area contributed by atoms with Crippen molar-refractivity contribution in [1.29, 1.82) is 5.26 Å². The zero-order chi connectivity index (χ0) is 83.5. The van der Waals surface area contributed by atoms with Crippen LogP contribution >= 0.6 is 35.5 Å². The maximum Gasteiger partial charge on any atom is 0.103 e. The molecule has 0 N–H and O–H groups in total. The number of allylic oxidation sites excluding steroid dienone is 4. The maximum atomic E-state index is 9.61. The van der Waals surface area contributed by atoms with Crippen LogP contribution in [0.1, 0.15) is 50.1 Å². The monoisotopic (exact) mass is 1640 g/mol. The molecule has 3 heterocycles. The smallest absolute Gasteiger partial charge is 0.103 e. The van der Waals surface area contributed by atoms with Crippen molar-refractivity contribution in [3.63, 3.8) is 0 Å². The first-order valence-electron chi connectivity index (χ1n) is 41.6. The van der Waals surface area contributed by atoms with Crippen LogP contribution in [-0.4, -0.2) is 26.9 Å². The van der Waals surface area contributed by atoms with Crippen molar-refractivity contribution in [2.24, 2.45) is 8.80 Å². The molecule has 20 rings (SSSR count). The molecule has 16 aromatic carbocycles. The van der Waals surface area contributed by atoms with Crippen LogP contribution in [0, 0.1) is 45.9 Å². The summed E-state index contributed by atoms with van der Waals surface area (Å²) in [5.74, 6) is 0.762. The molecule has 18 aromatic rings.